The highest BCUT2D eigenvalue weighted by Gasteiger charge is 2.10. The molecule has 0 spiro atoms. The Balaban J connectivity index is 0.00000288. The molecule has 0 fully saturated rings. The highest BCUT2D eigenvalue weighted by atomic mass is 127. The lowest BCUT2D eigenvalue weighted by molar-refractivity contribution is 0.396. The van der Waals surface area contributed by atoms with Crippen LogP contribution in [0.2, 0.25) is 0 Å². The number of hydrogen-bond donors (Lipinski definition) is 1. The molecule has 0 amide bonds. The molecule has 0 aliphatic heterocycles. The van der Waals surface area contributed by atoms with Crippen LogP contribution in [0.5, 0.6) is 5.75 Å². The van der Waals surface area contributed by atoms with E-state index in [1.807, 2.05) is 43.0 Å². The smallest absolute Gasteiger partial charge is 0.194 e. The number of aryl methyl sites for hydroxylation is 1. The Bertz CT molecular complexity index is 656. The number of benzene rings is 1. The van der Waals surface area contributed by atoms with Crippen molar-refractivity contribution in [3.63, 3.8) is 0 Å². The van der Waals surface area contributed by atoms with Crippen LogP contribution in [0.4, 0.5) is 0 Å². The molecule has 0 saturated carbocycles. The number of nitrogens with one attached hydrogen (secondary N) is 1. The monoisotopic (exact) mass is 443 g/mol. The average Bonchev–Trinajstić information content (AvgIpc) is 2.97. The first-order valence-electron chi connectivity index (χ1n) is 7.74. The van der Waals surface area contributed by atoms with E-state index in [9.17, 15) is 0 Å². The Labute approximate surface area is 160 Å². The molecule has 7 heteroatoms. The first-order chi connectivity index (χ1) is 11.2. The predicted molar refractivity (Wildman–Crippen MR) is 108 cm³/mol. The third-order valence-corrected chi connectivity index (χ3v) is 3.61. The van der Waals surface area contributed by atoms with E-state index in [-0.39, 0.29) is 24.0 Å². The van der Waals surface area contributed by atoms with E-state index in [1.54, 1.807) is 13.3 Å². The Morgan fingerprint density at radius 1 is 1.33 bits per heavy atom. The van der Waals surface area contributed by atoms with Gasteiger partial charge in [0.2, 0.25) is 0 Å². The first-order valence-corrected chi connectivity index (χ1v) is 7.74. The summed E-state index contributed by atoms with van der Waals surface area (Å²) in [6.07, 6.45) is 1.79. The molecule has 1 aromatic carbocycles. The minimum atomic E-state index is 0. The van der Waals surface area contributed by atoms with E-state index in [2.05, 4.69) is 28.3 Å². The zero-order valence-electron chi connectivity index (χ0n) is 14.7. The summed E-state index contributed by atoms with van der Waals surface area (Å²) in [7, 11) is 5.65. The van der Waals surface area contributed by atoms with Crippen molar-refractivity contribution in [2.75, 3.05) is 20.7 Å². The van der Waals surface area contributed by atoms with Crippen LogP contribution in [-0.4, -0.2) is 41.3 Å². The SMILES string of the molecule is CCNC(=NCc1ccnn1C)N(C)Cc1ccccc1OC.I. The first kappa shape index (κ1) is 20.3. The lowest BCUT2D eigenvalue weighted by Gasteiger charge is -2.23. The van der Waals surface area contributed by atoms with Crippen LogP contribution in [-0.2, 0) is 20.1 Å². The lowest BCUT2D eigenvalue weighted by Crippen LogP contribution is -2.38. The zero-order valence-corrected chi connectivity index (χ0v) is 17.0. The summed E-state index contributed by atoms with van der Waals surface area (Å²) in [5, 5.41) is 7.50. The van der Waals surface area contributed by atoms with Gasteiger partial charge in [-0.25, -0.2) is 4.99 Å². The topological polar surface area (TPSA) is 54.7 Å². The highest BCUT2D eigenvalue weighted by molar-refractivity contribution is 14.0. The maximum atomic E-state index is 5.42. The van der Waals surface area contributed by atoms with Gasteiger partial charge in [0, 0.05) is 38.9 Å². The van der Waals surface area contributed by atoms with Gasteiger partial charge >= 0.3 is 0 Å². The Hall–Kier alpha value is -1.77. The van der Waals surface area contributed by atoms with E-state index in [0.29, 0.717) is 6.54 Å². The van der Waals surface area contributed by atoms with Crippen LogP contribution in [0.25, 0.3) is 0 Å². The van der Waals surface area contributed by atoms with Gasteiger partial charge in [0.15, 0.2) is 5.96 Å². The molecule has 1 N–H and O–H groups in total. The molecule has 0 saturated heterocycles. The number of rotatable bonds is 6. The normalized spacial score (nSPS) is 10.9. The average molecular weight is 443 g/mol. The summed E-state index contributed by atoms with van der Waals surface area (Å²) in [4.78, 5) is 6.79. The predicted octanol–water partition coefficient (Wildman–Crippen LogP) is 2.64. The van der Waals surface area contributed by atoms with Crippen molar-refractivity contribution in [1.29, 1.82) is 0 Å². The Kier molecular flexibility index (Phi) is 8.59. The number of ether oxygens (including phenoxy) is 1. The molecule has 0 unspecified atom stereocenters. The van der Waals surface area contributed by atoms with Crippen molar-refractivity contribution in [2.45, 2.75) is 20.0 Å². The zero-order chi connectivity index (χ0) is 16.7. The Morgan fingerprint density at radius 2 is 2.08 bits per heavy atom. The number of guanidine groups is 1. The molecule has 1 aromatic heterocycles. The number of halogens is 1. The fourth-order valence-electron chi connectivity index (χ4n) is 2.35. The van der Waals surface area contributed by atoms with E-state index in [0.717, 1.165) is 36.1 Å². The summed E-state index contributed by atoms with van der Waals surface area (Å²) >= 11 is 0. The van der Waals surface area contributed by atoms with E-state index in [4.69, 9.17) is 9.73 Å². The molecule has 2 aromatic rings. The van der Waals surface area contributed by atoms with E-state index in [1.165, 1.54) is 0 Å². The molecule has 0 aliphatic rings. The van der Waals surface area contributed by atoms with Gasteiger partial charge in [-0.05, 0) is 19.1 Å². The van der Waals surface area contributed by atoms with Crippen molar-refractivity contribution < 1.29 is 4.74 Å². The molecule has 1 heterocycles. The second-order valence-electron chi connectivity index (χ2n) is 5.28. The molecular weight excluding hydrogens is 417 g/mol. The fraction of sp³-hybridized carbons (Fsp3) is 0.412. The van der Waals surface area contributed by atoms with Crippen LogP contribution in [0.1, 0.15) is 18.2 Å². The van der Waals surface area contributed by atoms with Crippen LogP contribution in [0.15, 0.2) is 41.5 Å². The maximum absolute atomic E-state index is 5.42. The summed E-state index contributed by atoms with van der Waals surface area (Å²) in [6.45, 7) is 4.20. The third kappa shape index (κ3) is 5.40. The summed E-state index contributed by atoms with van der Waals surface area (Å²) in [5.74, 6) is 1.75. The second kappa shape index (κ2) is 10.2. The van der Waals surface area contributed by atoms with Crippen molar-refractivity contribution in [2.24, 2.45) is 12.0 Å². The van der Waals surface area contributed by atoms with E-state index < -0.39 is 0 Å². The van der Waals surface area contributed by atoms with Crippen molar-refractivity contribution in [1.82, 2.24) is 20.0 Å². The molecule has 0 radical (unpaired) electrons. The van der Waals surface area contributed by atoms with Gasteiger partial charge in [-0.2, -0.15) is 5.10 Å². The highest BCUT2D eigenvalue weighted by Crippen LogP contribution is 2.18. The fourth-order valence-corrected chi connectivity index (χ4v) is 2.35. The number of methoxy groups -OCH3 is 1. The summed E-state index contributed by atoms with van der Waals surface area (Å²) in [6, 6.07) is 10.0. The number of para-hydroxylation sites is 1. The van der Waals surface area contributed by atoms with Gasteiger partial charge in [0.25, 0.3) is 0 Å². The van der Waals surface area contributed by atoms with Gasteiger partial charge in [0.1, 0.15) is 5.75 Å². The van der Waals surface area contributed by atoms with E-state index >= 15 is 0 Å². The van der Waals surface area contributed by atoms with Crippen molar-refractivity contribution in [3.05, 3.63) is 47.8 Å². The summed E-state index contributed by atoms with van der Waals surface area (Å²) in [5.41, 5.74) is 2.20. The molecule has 0 atom stereocenters. The van der Waals surface area contributed by atoms with Crippen LogP contribution in [0.3, 0.4) is 0 Å². The lowest BCUT2D eigenvalue weighted by atomic mass is 10.2. The number of nitrogens with zero attached hydrogens (tertiary/aromatic N) is 4. The quantitative estimate of drug-likeness (QED) is 0.424. The van der Waals surface area contributed by atoms with Gasteiger partial charge < -0.3 is 15.0 Å². The van der Waals surface area contributed by atoms with Crippen LogP contribution < -0.4 is 10.1 Å². The van der Waals surface area contributed by atoms with Crippen molar-refractivity contribution in [3.8, 4) is 5.75 Å². The molecule has 6 nitrogen and oxygen atoms in total. The number of hydrogen-bond acceptors (Lipinski definition) is 3. The van der Waals surface area contributed by atoms with Crippen LogP contribution in [0, 0.1) is 0 Å². The standard InChI is InChI=1S/C17H25N5O.HI/c1-5-18-17(19-12-15-10-11-20-22(15)3)21(2)13-14-8-6-7-9-16(14)23-4;/h6-11H,5,12-13H2,1-4H3,(H,18,19);1H. The molecule has 0 bridgehead atoms. The minimum Gasteiger partial charge on any atom is -0.496 e. The van der Waals surface area contributed by atoms with Crippen molar-refractivity contribution >= 4 is 29.9 Å². The third-order valence-electron chi connectivity index (χ3n) is 3.61. The van der Waals surface area contributed by atoms with Gasteiger partial charge in [-0.15, -0.1) is 24.0 Å². The molecule has 2 rings (SSSR count). The molecule has 24 heavy (non-hydrogen) atoms. The van der Waals surface area contributed by atoms with Gasteiger partial charge in [-0.3, -0.25) is 4.68 Å². The molecule has 0 aliphatic carbocycles. The maximum Gasteiger partial charge on any atom is 0.194 e. The second-order valence-corrected chi connectivity index (χ2v) is 5.28. The minimum absolute atomic E-state index is 0. The Morgan fingerprint density at radius 3 is 2.71 bits per heavy atom. The van der Waals surface area contributed by atoms with Gasteiger partial charge in [0.05, 0.1) is 19.3 Å². The van der Waals surface area contributed by atoms with Crippen LogP contribution >= 0.6 is 24.0 Å². The van der Waals surface area contributed by atoms with Gasteiger partial charge in [-0.1, -0.05) is 18.2 Å². The number of aromatic nitrogens is 2. The molecular formula is C17H26IN5O. The molecule has 132 valence electrons. The largest absolute Gasteiger partial charge is 0.496 e. The summed E-state index contributed by atoms with van der Waals surface area (Å²) < 4.78 is 7.26. The number of aliphatic imine (C=N–C) groups is 1.